The smallest absolute Gasteiger partial charge is 0.335 e. The monoisotopic (exact) mass is 326 g/mol. The Morgan fingerprint density at radius 2 is 1.48 bits per heavy atom. The minimum atomic E-state index is -2.27. The Bertz CT molecular complexity index is 472. The number of aliphatic carboxylic acids is 2. The molecule has 5 N–H and O–H groups in total. The number of aliphatic hydroxyl groups excluding tert-OH is 2. The highest BCUT2D eigenvalue weighted by Crippen LogP contribution is 2.04. The van der Waals surface area contributed by atoms with E-state index in [2.05, 4.69) is 40.5 Å². The number of aliphatic hydroxyl groups is 2. The maximum Gasteiger partial charge on any atom is 0.335 e. The largest absolute Gasteiger partial charge is 0.479 e. The van der Waals surface area contributed by atoms with Gasteiger partial charge in [0.05, 0.1) is 0 Å². The van der Waals surface area contributed by atoms with Crippen molar-refractivity contribution in [2.24, 2.45) is 0 Å². The Morgan fingerprint density at radius 3 is 1.91 bits per heavy atom. The summed E-state index contributed by atoms with van der Waals surface area (Å²) in [6.07, 6.45) is -4.53. The third-order valence-electron chi connectivity index (χ3n) is 3.26. The van der Waals surface area contributed by atoms with E-state index in [-0.39, 0.29) is 0 Å². The molecular weight excluding hydrogens is 304 g/mol. The van der Waals surface area contributed by atoms with Crippen LogP contribution in [0.15, 0.2) is 30.3 Å². The molecule has 1 aromatic carbocycles. The Labute approximate surface area is 134 Å². The zero-order valence-corrected chi connectivity index (χ0v) is 12.6. The molecular formula is C15H22N2O6. The molecule has 0 saturated carbocycles. The number of hydrogen-bond donors (Lipinski definition) is 5. The molecule has 0 spiro atoms. The Hall–Kier alpha value is -2.00. The van der Waals surface area contributed by atoms with Crippen molar-refractivity contribution in [2.45, 2.75) is 18.8 Å². The van der Waals surface area contributed by atoms with Crippen molar-refractivity contribution < 1.29 is 30.0 Å². The topological polar surface area (TPSA) is 130 Å². The van der Waals surface area contributed by atoms with E-state index >= 15 is 0 Å². The summed E-state index contributed by atoms with van der Waals surface area (Å²) in [4.78, 5) is 22.0. The molecule has 0 aliphatic carbocycles. The second-order valence-electron chi connectivity index (χ2n) is 5.08. The molecule has 1 heterocycles. The number of hydrogen-bond acceptors (Lipinski definition) is 6. The lowest BCUT2D eigenvalue weighted by Gasteiger charge is -2.27. The van der Waals surface area contributed by atoms with Gasteiger partial charge >= 0.3 is 11.9 Å². The molecule has 0 radical (unpaired) electrons. The fourth-order valence-electron chi connectivity index (χ4n) is 1.98. The van der Waals surface area contributed by atoms with Crippen LogP contribution in [0.4, 0.5) is 0 Å². The fraction of sp³-hybridized carbons (Fsp3) is 0.467. The van der Waals surface area contributed by atoms with E-state index in [1.807, 2.05) is 0 Å². The van der Waals surface area contributed by atoms with Crippen LogP contribution in [-0.4, -0.2) is 75.7 Å². The second kappa shape index (κ2) is 9.90. The van der Waals surface area contributed by atoms with Gasteiger partial charge in [0.2, 0.25) is 0 Å². The van der Waals surface area contributed by atoms with Gasteiger partial charge < -0.3 is 25.7 Å². The normalized spacial score (nSPS) is 17.5. The van der Waals surface area contributed by atoms with Gasteiger partial charge in [0.1, 0.15) is 0 Å². The molecule has 1 aliphatic rings. The summed E-state index contributed by atoms with van der Waals surface area (Å²) >= 11 is 0. The highest BCUT2D eigenvalue weighted by molar-refractivity contribution is 5.83. The first-order chi connectivity index (χ1) is 10.9. The number of carbonyl (C=O) groups is 2. The van der Waals surface area contributed by atoms with Crippen LogP contribution in [0.3, 0.4) is 0 Å². The van der Waals surface area contributed by atoms with Gasteiger partial charge in [-0.25, -0.2) is 9.59 Å². The van der Waals surface area contributed by atoms with Crippen LogP contribution >= 0.6 is 0 Å². The lowest BCUT2D eigenvalue weighted by molar-refractivity contribution is -0.165. The van der Waals surface area contributed by atoms with Crippen LogP contribution < -0.4 is 5.32 Å². The molecule has 1 aliphatic heterocycles. The van der Waals surface area contributed by atoms with Gasteiger partial charge in [0.15, 0.2) is 12.2 Å². The van der Waals surface area contributed by atoms with Crippen LogP contribution in [0.25, 0.3) is 0 Å². The predicted octanol–water partition coefficient (Wildman–Crippen LogP) is -1.03. The molecule has 23 heavy (non-hydrogen) atoms. The summed E-state index contributed by atoms with van der Waals surface area (Å²) in [6.45, 7) is 5.71. The summed E-state index contributed by atoms with van der Waals surface area (Å²) in [7, 11) is 0. The van der Waals surface area contributed by atoms with Crippen molar-refractivity contribution in [1.29, 1.82) is 0 Å². The zero-order valence-electron chi connectivity index (χ0n) is 12.6. The standard InChI is InChI=1S/C11H16N2.C4H6O6/c1-2-4-11(5-3-1)10-13-8-6-12-7-9-13;5-1(3(7)8)2(6)4(9)10/h1-5,12H,6-10H2;1-2,5-6H,(H,7,8)(H,9,10). The van der Waals surface area contributed by atoms with Gasteiger partial charge in [-0.3, -0.25) is 4.90 Å². The summed E-state index contributed by atoms with van der Waals surface area (Å²) in [5.74, 6) is -3.54. The van der Waals surface area contributed by atoms with Crippen molar-refractivity contribution >= 4 is 11.9 Å². The van der Waals surface area contributed by atoms with Crippen LogP contribution in [0.1, 0.15) is 5.56 Å². The van der Waals surface area contributed by atoms with Gasteiger partial charge in [0, 0.05) is 32.7 Å². The van der Waals surface area contributed by atoms with E-state index in [0.29, 0.717) is 0 Å². The molecule has 1 saturated heterocycles. The molecule has 2 rings (SSSR count). The summed E-state index contributed by atoms with van der Waals surface area (Å²) in [6, 6.07) is 10.7. The van der Waals surface area contributed by atoms with Crippen molar-refractivity contribution in [3.05, 3.63) is 35.9 Å². The quantitative estimate of drug-likeness (QED) is 0.464. The summed E-state index contributed by atoms with van der Waals surface area (Å²) in [5, 5.41) is 35.9. The maximum atomic E-state index is 9.77. The van der Waals surface area contributed by atoms with Crippen molar-refractivity contribution in [3.8, 4) is 0 Å². The lowest BCUT2D eigenvalue weighted by Crippen LogP contribution is -2.42. The molecule has 128 valence electrons. The maximum absolute atomic E-state index is 9.77. The van der Waals surface area contributed by atoms with E-state index in [1.165, 1.54) is 18.7 Å². The number of rotatable bonds is 5. The first kappa shape index (κ1) is 19.0. The van der Waals surface area contributed by atoms with Crippen molar-refractivity contribution in [2.75, 3.05) is 26.2 Å². The van der Waals surface area contributed by atoms with E-state index in [4.69, 9.17) is 20.4 Å². The van der Waals surface area contributed by atoms with Gasteiger partial charge in [-0.05, 0) is 5.56 Å². The van der Waals surface area contributed by atoms with E-state index < -0.39 is 24.1 Å². The van der Waals surface area contributed by atoms with Crippen LogP contribution in [0.2, 0.25) is 0 Å². The molecule has 2 unspecified atom stereocenters. The SMILES string of the molecule is O=C(O)C(O)C(O)C(=O)O.c1ccc(CN2CCNCC2)cc1. The van der Waals surface area contributed by atoms with E-state index in [1.54, 1.807) is 0 Å². The number of nitrogens with one attached hydrogen (secondary N) is 1. The number of carboxylic acids is 2. The summed E-state index contributed by atoms with van der Waals surface area (Å²) < 4.78 is 0. The molecule has 8 nitrogen and oxygen atoms in total. The average Bonchev–Trinajstić information content (AvgIpc) is 2.55. The molecule has 0 aromatic heterocycles. The summed E-state index contributed by atoms with van der Waals surface area (Å²) in [5.41, 5.74) is 1.42. The van der Waals surface area contributed by atoms with Gasteiger partial charge in [0.25, 0.3) is 0 Å². The highest BCUT2D eigenvalue weighted by Gasteiger charge is 2.29. The minimum absolute atomic E-state index is 1.10. The minimum Gasteiger partial charge on any atom is -0.479 e. The fourth-order valence-corrected chi connectivity index (χ4v) is 1.98. The van der Waals surface area contributed by atoms with E-state index in [9.17, 15) is 9.59 Å². The molecule has 0 amide bonds. The van der Waals surface area contributed by atoms with Gasteiger partial charge in [-0.1, -0.05) is 30.3 Å². The number of piperazine rings is 1. The number of carboxylic acid groups (broad SMARTS) is 2. The van der Waals surface area contributed by atoms with Crippen molar-refractivity contribution in [3.63, 3.8) is 0 Å². The Balaban J connectivity index is 0.000000241. The highest BCUT2D eigenvalue weighted by atomic mass is 16.4. The molecule has 1 aromatic rings. The first-order valence-corrected chi connectivity index (χ1v) is 7.20. The van der Waals surface area contributed by atoms with Crippen LogP contribution in [-0.2, 0) is 16.1 Å². The molecule has 2 atom stereocenters. The third kappa shape index (κ3) is 7.20. The lowest BCUT2D eigenvalue weighted by atomic mass is 10.2. The Kier molecular flexibility index (Phi) is 8.20. The van der Waals surface area contributed by atoms with Crippen LogP contribution in [0, 0.1) is 0 Å². The predicted molar refractivity (Wildman–Crippen MR) is 81.9 cm³/mol. The molecule has 1 fully saturated rings. The van der Waals surface area contributed by atoms with E-state index in [0.717, 1.165) is 19.6 Å². The molecule has 8 heteroatoms. The number of benzene rings is 1. The van der Waals surface area contributed by atoms with Gasteiger partial charge in [-0.2, -0.15) is 0 Å². The van der Waals surface area contributed by atoms with Gasteiger partial charge in [-0.15, -0.1) is 0 Å². The third-order valence-corrected chi connectivity index (χ3v) is 3.26. The molecule has 0 bridgehead atoms. The first-order valence-electron chi connectivity index (χ1n) is 7.20. The number of nitrogens with zero attached hydrogens (tertiary/aromatic N) is 1. The average molecular weight is 326 g/mol. The second-order valence-corrected chi connectivity index (χ2v) is 5.08. The Morgan fingerprint density at radius 1 is 1.00 bits per heavy atom. The zero-order chi connectivity index (χ0) is 17.2. The van der Waals surface area contributed by atoms with Crippen molar-refractivity contribution in [1.82, 2.24) is 10.2 Å². The van der Waals surface area contributed by atoms with Crippen LogP contribution in [0.5, 0.6) is 0 Å².